The molecular formula is C25H35N3O6. The number of carbonyl (C=O) groups is 2. The van der Waals surface area contributed by atoms with Gasteiger partial charge in [-0.2, -0.15) is 0 Å². The van der Waals surface area contributed by atoms with Crippen LogP contribution in [0, 0.1) is 0 Å². The molecule has 0 bridgehead atoms. The maximum atomic E-state index is 13.1. The topological polar surface area (TPSA) is 95.7 Å². The number of carbonyl (C=O) groups excluding carboxylic acids is 2. The Kier molecular flexibility index (Phi) is 9.50. The zero-order chi connectivity index (χ0) is 24.5. The fourth-order valence-corrected chi connectivity index (χ4v) is 4.05. The predicted octanol–water partition coefficient (Wildman–Crippen LogP) is 1.88. The first-order chi connectivity index (χ1) is 16.4. The first-order valence-electron chi connectivity index (χ1n) is 11.7. The van der Waals surface area contributed by atoms with Crippen LogP contribution in [0.5, 0.6) is 5.75 Å². The second kappa shape index (κ2) is 12.5. The third-order valence-corrected chi connectivity index (χ3v) is 5.94. The molecule has 1 N–H and O–H groups in total. The molecule has 3 rings (SSSR count). The molecule has 0 aliphatic carbocycles. The normalized spacial score (nSPS) is 17.0. The van der Waals surface area contributed by atoms with Crippen LogP contribution in [0.4, 0.5) is 0 Å². The minimum absolute atomic E-state index is 0.0223. The molecular weight excluding hydrogens is 438 g/mol. The molecule has 1 aromatic heterocycles. The van der Waals surface area contributed by atoms with E-state index in [9.17, 15) is 14.7 Å². The number of benzene rings is 1. The van der Waals surface area contributed by atoms with Crippen molar-refractivity contribution in [3.8, 4) is 5.75 Å². The van der Waals surface area contributed by atoms with Crippen LogP contribution in [0.3, 0.4) is 0 Å². The van der Waals surface area contributed by atoms with Gasteiger partial charge in [-0.3, -0.25) is 14.5 Å². The van der Waals surface area contributed by atoms with Crippen LogP contribution in [-0.2, 0) is 34.0 Å². The molecule has 0 radical (unpaired) electrons. The van der Waals surface area contributed by atoms with Gasteiger partial charge in [0.05, 0.1) is 26.3 Å². The number of aliphatic hydroxyl groups excluding tert-OH is 1. The van der Waals surface area contributed by atoms with Crippen LogP contribution in [0.25, 0.3) is 0 Å². The lowest BCUT2D eigenvalue weighted by atomic mass is 10.2. The molecule has 0 saturated carbocycles. The van der Waals surface area contributed by atoms with Crippen molar-refractivity contribution in [1.82, 2.24) is 14.7 Å². The van der Waals surface area contributed by atoms with E-state index in [0.29, 0.717) is 50.8 Å². The zero-order valence-corrected chi connectivity index (χ0v) is 20.2. The Morgan fingerprint density at radius 2 is 1.79 bits per heavy atom. The number of likely N-dealkylation sites (N-methyl/N-ethyl adjacent to an activating group) is 1. The zero-order valence-electron chi connectivity index (χ0n) is 20.2. The Bertz CT molecular complexity index is 925. The smallest absolute Gasteiger partial charge is 0.248 e. The van der Waals surface area contributed by atoms with Crippen molar-refractivity contribution in [2.24, 2.45) is 0 Å². The summed E-state index contributed by atoms with van der Waals surface area (Å²) in [6, 6.07) is 11.1. The predicted molar refractivity (Wildman–Crippen MR) is 126 cm³/mol. The van der Waals surface area contributed by atoms with Crippen LogP contribution in [0.2, 0.25) is 0 Å². The van der Waals surface area contributed by atoms with Gasteiger partial charge in [-0.05, 0) is 43.7 Å². The van der Waals surface area contributed by atoms with Gasteiger partial charge in [0.15, 0.2) is 0 Å². The summed E-state index contributed by atoms with van der Waals surface area (Å²) in [7, 11) is 1.62. The molecule has 9 nitrogen and oxygen atoms in total. The average Bonchev–Trinajstić information content (AvgIpc) is 3.24. The summed E-state index contributed by atoms with van der Waals surface area (Å²) >= 11 is 0. The van der Waals surface area contributed by atoms with E-state index in [1.54, 1.807) is 29.0 Å². The van der Waals surface area contributed by atoms with Gasteiger partial charge in [0, 0.05) is 32.7 Å². The van der Waals surface area contributed by atoms with Crippen molar-refractivity contribution in [3.05, 3.63) is 53.5 Å². The number of furan rings is 1. The third-order valence-electron chi connectivity index (χ3n) is 5.94. The second-order valence-corrected chi connectivity index (χ2v) is 8.32. The number of amides is 2. The lowest BCUT2D eigenvalue weighted by Gasteiger charge is -2.26. The molecule has 2 heterocycles. The van der Waals surface area contributed by atoms with Gasteiger partial charge in [0.1, 0.15) is 30.5 Å². The van der Waals surface area contributed by atoms with Gasteiger partial charge in [-0.25, -0.2) is 0 Å². The van der Waals surface area contributed by atoms with E-state index in [1.807, 2.05) is 43.0 Å². The largest absolute Gasteiger partial charge is 0.497 e. The molecule has 1 fully saturated rings. The number of rotatable bonds is 11. The van der Waals surface area contributed by atoms with Crippen molar-refractivity contribution in [1.29, 1.82) is 0 Å². The maximum absolute atomic E-state index is 13.1. The lowest BCUT2D eigenvalue weighted by molar-refractivity contribution is -0.138. The standard InChI is InChI=1S/C25H35N3O6/c1-4-27(5-2)25(31)18-33-23-14-26(13-21-10-11-22(17-29)34-21)16-24(30)28(15-23)12-19-6-8-20(32-3)9-7-19/h6-11,23,29H,4-5,12-18H2,1-3H3. The van der Waals surface area contributed by atoms with Crippen LogP contribution >= 0.6 is 0 Å². The van der Waals surface area contributed by atoms with Gasteiger partial charge in [-0.1, -0.05) is 12.1 Å². The van der Waals surface area contributed by atoms with E-state index in [2.05, 4.69) is 0 Å². The summed E-state index contributed by atoms with van der Waals surface area (Å²) in [4.78, 5) is 31.1. The van der Waals surface area contributed by atoms with Crippen molar-refractivity contribution in [2.75, 3.05) is 46.4 Å². The summed E-state index contributed by atoms with van der Waals surface area (Å²) < 4.78 is 16.9. The highest BCUT2D eigenvalue weighted by Crippen LogP contribution is 2.18. The molecule has 1 saturated heterocycles. The Labute approximate surface area is 200 Å². The van der Waals surface area contributed by atoms with Crippen LogP contribution in [-0.4, -0.2) is 84.2 Å². The lowest BCUT2D eigenvalue weighted by Crippen LogP contribution is -2.40. The number of methoxy groups -OCH3 is 1. The van der Waals surface area contributed by atoms with Crippen LogP contribution in [0.1, 0.15) is 30.9 Å². The fourth-order valence-electron chi connectivity index (χ4n) is 4.05. The fraction of sp³-hybridized carbons (Fsp3) is 0.520. The van der Waals surface area contributed by atoms with Gasteiger partial charge < -0.3 is 28.8 Å². The van der Waals surface area contributed by atoms with Crippen LogP contribution < -0.4 is 4.74 Å². The first kappa shape index (κ1) is 25.7. The van der Waals surface area contributed by atoms with Crippen molar-refractivity contribution >= 4 is 11.8 Å². The number of nitrogens with zero attached hydrogens (tertiary/aromatic N) is 3. The van der Waals surface area contributed by atoms with E-state index in [-0.39, 0.29) is 37.7 Å². The summed E-state index contributed by atoms with van der Waals surface area (Å²) in [5, 5.41) is 9.27. The SMILES string of the molecule is CCN(CC)C(=O)COC1CN(Cc2ccc(CO)o2)CC(=O)N(Cc2ccc(OC)cc2)C1. The first-order valence-corrected chi connectivity index (χ1v) is 11.7. The molecule has 9 heteroatoms. The van der Waals surface area contributed by atoms with Gasteiger partial charge >= 0.3 is 0 Å². The third kappa shape index (κ3) is 7.06. The highest BCUT2D eigenvalue weighted by molar-refractivity contribution is 5.79. The van der Waals surface area contributed by atoms with Gasteiger partial charge in [-0.15, -0.1) is 0 Å². The minimum Gasteiger partial charge on any atom is -0.497 e. The Hall–Kier alpha value is -2.88. The number of hydrogen-bond acceptors (Lipinski definition) is 7. The van der Waals surface area contributed by atoms with Crippen molar-refractivity contribution in [2.45, 2.75) is 39.6 Å². The van der Waals surface area contributed by atoms with Gasteiger partial charge in [0.2, 0.25) is 11.8 Å². The minimum atomic E-state index is -0.337. The van der Waals surface area contributed by atoms with Gasteiger partial charge in [0.25, 0.3) is 0 Å². The summed E-state index contributed by atoms with van der Waals surface area (Å²) in [6.07, 6.45) is -0.337. The van der Waals surface area contributed by atoms with E-state index < -0.39 is 0 Å². The molecule has 1 aliphatic rings. The highest BCUT2D eigenvalue weighted by atomic mass is 16.5. The molecule has 1 atom stereocenters. The van der Waals surface area contributed by atoms with Crippen molar-refractivity contribution in [3.63, 3.8) is 0 Å². The number of ether oxygens (including phenoxy) is 2. The molecule has 1 aliphatic heterocycles. The Balaban J connectivity index is 1.72. The summed E-state index contributed by atoms with van der Waals surface area (Å²) in [5.74, 6) is 1.82. The van der Waals surface area contributed by atoms with Crippen LogP contribution in [0.15, 0.2) is 40.8 Å². The summed E-state index contributed by atoms with van der Waals surface area (Å²) in [6.45, 7) is 6.85. The maximum Gasteiger partial charge on any atom is 0.248 e. The Morgan fingerprint density at radius 1 is 1.09 bits per heavy atom. The average molecular weight is 474 g/mol. The van der Waals surface area contributed by atoms with E-state index in [0.717, 1.165) is 11.3 Å². The van der Waals surface area contributed by atoms with Crippen molar-refractivity contribution < 1.29 is 28.6 Å². The molecule has 34 heavy (non-hydrogen) atoms. The second-order valence-electron chi connectivity index (χ2n) is 8.32. The summed E-state index contributed by atoms with van der Waals surface area (Å²) in [5.41, 5.74) is 0.985. The molecule has 0 spiro atoms. The number of hydrogen-bond donors (Lipinski definition) is 1. The molecule has 186 valence electrons. The molecule has 2 amide bonds. The van der Waals surface area contributed by atoms with E-state index >= 15 is 0 Å². The Morgan fingerprint density at radius 3 is 2.41 bits per heavy atom. The quantitative estimate of drug-likeness (QED) is 0.532. The monoisotopic (exact) mass is 473 g/mol. The molecule has 2 aromatic rings. The van der Waals surface area contributed by atoms with E-state index in [4.69, 9.17) is 13.9 Å². The van der Waals surface area contributed by atoms with E-state index in [1.165, 1.54) is 0 Å². The number of aliphatic hydroxyl groups is 1. The highest BCUT2D eigenvalue weighted by Gasteiger charge is 2.29. The molecule has 1 aromatic carbocycles. The molecule has 1 unspecified atom stereocenters.